The van der Waals surface area contributed by atoms with Crippen LogP contribution in [0.1, 0.15) is 23.9 Å². The zero-order valence-electron chi connectivity index (χ0n) is 14.1. The molecule has 0 aliphatic rings. The Morgan fingerprint density at radius 1 is 1.19 bits per heavy atom. The van der Waals surface area contributed by atoms with Gasteiger partial charge in [-0.3, -0.25) is 5.10 Å². The lowest BCUT2D eigenvalue weighted by atomic mass is 10.2. The molecule has 26 heavy (non-hydrogen) atoms. The van der Waals surface area contributed by atoms with Crippen LogP contribution in [-0.4, -0.2) is 14.9 Å². The van der Waals surface area contributed by atoms with Gasteiger partial charge in [0.15, 0.2) is 5.82 Å². The number of halogens is 2. The van der Waals surface area contributed by atoms with E-state index < -0.39 is 0 Å². The molecule has 0 saturated carbocycles. The molecular formula is C18H18Cl2N4OS. The van der Waals surface area contributed by atoms with E-state index in [1.54, 1.807) is 10.7 Å². The Kier molecular flexibility index (Phi) is 6.19. The first-order valence-electron chi connectivity index (χ1n) is 8.13. The monoisotopic (exact) mass is 408 g/mol. The van der Waals surface area contributed by atoms with Gasteiger partial charge in [-0.15, -0.1) is 0 Å². The maximum Gasteiger partial charge on any atom is 0.214 e. The van der Waals surface area contributed by atoms with Crippen molar-refractivity contribution in [1.82, 2.24) is 14.9 Å². The van der Waals surface area contributed by atoms with E-state index in [9.17, 15) is 0 Å². The lowest BCUT2D eigenvalue weighted by Gasteiger charge is -2.15. The van der Waals surface area contributed by atoms with Crippen molar-refractivity contribution in [2.45, 2.75) is 26.5 Å². The van der Waals surface area contributed by atoms with Crippen molar-refractivity contribution in [2.24, 2.45) is 0 Å². The molecule has 0 saturated heterocycles. The molecule has 0 aliphatic carbocycles. The van der Waals surface area contributed by atoms with Crippen molar-refractivity contribution in [3.05, 3.63) is 74.2 Å². The molecule has 0 bridgehead atoms. The maximum atomic E-state index is 6.20. The van der Waals surface area contributed by atoms with Crippen molar-refractivity contribution in [2.75, 3.05) is 5.43 Å². The number of hydrogen-bond acceptors (Lipinski definition) is 4. The van der Waals surface area contributed by atoms with E-state index in [1.165, 1.54) is 0 Å². The topological polar surface area (TPSA) is 54.9 Å². The maximum absolute atomic E-state index is 6.20. The minimum atomic E-state index is 0.375. The van der Waals surface area contributed by atoms with Crippen LogP contribution in [0.25, 0.3) is 0 Å². The molecule has 0 radical (unpaired) electrons. The Bertz CT molecular complexity index is 954. The Hall–Kier alpha value is -2.02. The van der Waals surface area contributed by atoms with Gasteiger partial charge in [-0.25, -0.2) is 4.68 Å². The number of aromatic nitrogens is 3. The summed E-state index contributed by atoms with van der Waals surface area (Å²) in [5.74, 6) is 1.56. The molecule has 0 unspecified atom stereocenters. The molecule has 136 valence electrons. The molecule has 2 N–H and O–H groups in total. The van der Waals surface area contributed by atoms with Gasteiger partial charge in [0.25, 0.3) is 0 Å². The fourth-order valence-corrected chi connectivity index (χ4v) is 3.09. The van der Waals surface area contributed by atoms with E-state index in [0.717, 1.165) is 29.1 Å². The van der Waals surface area contributed by atoms with Gasteiger partial charge in [-0.05, 0) is 36.5 Å². The molecule has 1 heterocycles. The van der Waals surface area contributed by atoms with E-state index in [2.05, 4.69) is 15.6 Å². The molecule has 0 spiro atoms. The van der Waals surface area contributed by atoms with Gasteiger partial charge in [0.05, 0.1) is 6.54 Å². The normalized spacial score (nSPS) is 10.7. The third-order valence-corrected chi connectivity index (χ3v) is 4.73. The van der Waals surface area contributed by atoms with E-state index in [-0.39, 0.29) is 0 Å². The van der Waals surface area contributed by atoms with Crippen molar-refractivity contribution in [1.29, 1.82) is 0 Å². The highest BCUT2D eigenvalue weighted by molar-refractivity contribution is 7.71. The minimum Gasteiger partial charge on any atom is -0.488 e. The van der Waals surface area contributed by atoms with E-state index in [4.69, 9.17) is 40.2 Å². The van der Waals surface area contributed by atoms with Crippen molar-refractivity contribution in [3.8, 4) is 5.75 Å². The third kappa shape index (κ3) is 4.38. The van der Waals surface area contributed by atoms with E-state index >= 15 is 0 Å². The first-order valence-corrected chi connectivity index (χ1v) is 9.29. The predicted molar refractivity (Wildman–Crippen MR) is 107 cm³/mol. The molecule has 0 atom stereocenters. The summed E-state index contributed by atoms with van der Waals surface area (Å²) in [4.78, 5) is 0. The highest BCUT2D eigenvalue weighted by atomic mass is 35.5. The minimum absolute atomic E-state index is 0.375. The van der Waals surface area contributed by atoms with Crippen LogP contribution in [0.4, 0.5) is 0 Å². The van der Waals surface area contributed by atoms with Crippen molar-refractivity contribution < 1.29 is 4.74 Å². The number of benzene rings is 2. The van der Waals surface area contributed by atoms with Crippen LogP contribution in [0.15, 0.2) is 42.5 Å². The van der Waals surface area contributed by atoms with Crippen LogP contribution in [0.5, 0.6) is 5.75 Å². The summed E-state index contributed by atoms with van der Waals surface area (Å²) in [6.45, 7) is 2.87. The summed E-state index contributed by atoms with van der Waals surface area (Å²) >= 11 is 17.6. The van der Waals surface area contributed by atoms with Crippen molar-refractivity contribution >= 4 is 35.4 Å². The van der Waals surface area contributed by atoms with Gasteiger partial charge in [-0.2, -0.15) is 5.10 Å². The Labute approximate surface area is 166 Å². The summed E-state index contributed by atoms with van der Waals surface area (Å²) < 4.78 is 8.25. The summed E-state index contributed by atoms with van der Waals surface area (Å²) in [7, 11) is 0. The number of nitrogens with zero attached hydrogens (tertiary/aromatic N) is 2. The SMILES string of the molecule is CCc1n[nH]c(=S)n1NCc1cc(Cl)ccc1OCc1ccccc1Cl. The number of nitrogens with one attached hydrogen (secondary N) is 2. The smallest absolute Gasteiger partial charge is 0.214 e. The van der Waals surface area contributed by atoms with E-state index in [0.29, 0.717) is 28.0 Å². The van der Waals surface area contributed by atoms with Crippen LogP contribution in [0, 0.1) is 4.77 Å². The fourth-order valence-electron chi connectivity index (χ4n) is 2.49. The lowest BCUT2D eigenvalue weighted by Crippen LogP contribution is -2.17. The average Bonchev–Trinajstić information content (AvgIpc) is 3.00. The number of H-pyrrole nitrogens is 1. The number of aromatic amines is 1. The van der Waals surface area contributed by atoms with Crippen LogP contribution in [0.2, 0.25) is 10.0 Å². The second-order valence-electron chi connectivity index (χ2n) is 5.60. The molecule has 3 aromatic rings. The molecule has 0 amide bonds. The zero-order valence-corrected chi connectivity index (χ0v) is 16.5. The molecule has 5 nitrogen and oxygen atoms in total. The molecular weight excluding hydrogens is 391 g/mol. The van der Waals surface area contributed by atoms with Gasteiger partial charge in [0.1, 0.15) is 12.4 Å². The van der Waals surface area contributed by atoms with E-state index in [1.807, 2.05) is 43.3 Å². The quantitative estimate of drug-likeness (QED) is 0.531. The van der Waals surface area contributed by atoms with Crippen molar-refractivity contribution in [3.63, 3.8) is 0 Å². The Morgan fingerprint density at radius 3 is 2.77 bits per heavy atom. The molecule has 3 rings (SSSR count). The van der Waals surface area contributed by atoms with Gasteiger partial charge < -0.3 is 10.2 Å². The molecule has 8 heteroatoms. The summed E-state index contributed by atoms with van der Waals surface area (Å²) in [5, 5.41) is 8.28. The predicted octanol–water partition coefficient (Wildman–Crippen LogP) is 5.13. The van der Waals surface area contributed by atoms with Crippen LogP contribution in [-0.2, 0) is 19.6 Å². The second-order valence-corrected chi connectivity index (χ2v) is 6.83. The van der Waals surface area contributed by atoms with Gasteiger partial charge in [0, 0.05) is 27.6 Å². The molecule has 0 aliphatic heterocycles. The average molecular weight is 409 g/mol. The number of hydrogen-bond donors (Lipinski definition) is 2. The summed E-state index contributed by atoms with van der Waals surface area (Å²) in [6.07, 6.45) is 0.756. The molecule has 0 fully saturated rings. The highest BCUT2D eigenvalue weighted by Crippen LogP contribution is 2.25. The highest BCUT2D eigenvalue weighted by Gasteiger charge is 2.09. The fraction of sp³-hybridized carbons (Fsp3) is 0.222. The number of aryl methyl sites for hydroxylation is 1. The second kappa shape index (κ2) is 8.58. The zero-order chi connectivity index (χ0) is 18.5. The lowest BCUT2D eigenvalue weighted by molar-refractivity contribution is 0.303. The largest absolute Gasteiger partial charge is 0.488 e. The van der Waals surface area contributed by atoms with Crippen LogP contribution in [0.3, 0.4) is 0 Å². The van der Waals surface area contributed by atoms with Crippen LogP contribution < -0.4 is 10.2 Å². The van der Waals surface area contributed by atoms with Crippen LogP contribution >= 0.6 is 35.4 Å². The Morgan fingerprint density at radius 2 is 2.00 bits per heavy atom. The molecule has 1 aromatic heterocycles. The number of ether oxygens (including phenoxy) is 1. The summed E-state index contributed by atoms with van der Waals surface area (Å²) in [5.41, 5.74) is 5.10. The van der Waals surface area contributed by atoms with Gasteiger partial charge in [-0.1, -0.05) is 48.3 Å². The first kappa shape index (κ1) is 18.8. The Balaban J connectivity index is 1.76. The summed E-state index contributed by atoms with van der Waals surface area (Å²) in [6, 6.07) is 13.1. The van der Waals surface area contributed by atoms with Gasteiger partial charge >= 0.3 is 0 Å². The standard InChI is InChI=1S/C18H18Cl2N4OS/c1-2-17-22-23-18(26)24(17)21-10-13-9-14(19)7-8-16(13)25-11-12-5-3-4-6-15(12)20/h3-9,21H,2,10-11H2,1H3,(H,23,26). The molecule has 2 aromatic carbocycles. The third-order valence-electron chi connectivity index (χ3n) is 3.85. The number of rotatable bonds is 7. The van der Waals surface area contributed by atoms with Gasteiger partial charge in [0.2, 0.25) is 4.77 Å². The first-order chi connectivity index (χ1) is 12.6.